The number of aromatic nitrogens is 2. The van der Waals surface area contributed by atoms with Gasteiger partial charge in [-0.05, 0) is 38.5 Å². The first kappa shape index (κ1) is 15.1. The minimum atomic E-state index is 0. The normalized spacial score (nSPS) is 24.5. The van der Waals surface area contributed by atoms with Gasteiger partial charge in [-0.15, -0.1) is 12.4 Å². The van der Waals surface area contributed by atoms with Gasteiger partial charge >= 0.3 is 0 Å². The zero-order chi connectivity index (χ0) is 13.1. The number of imidazole rings is 1. The summed E-state index contributed by atoms with van der Waals surface area (Å²) in [6, 6.07) is 0. The molecule has 1 amide bonds. The molecule has 0 radical (unpaired) electrons. The van der Waals surface area contributed by atoms with Gasteiger partial charge in [0.2, 0.25) is 5.91 Å². The Hall–Kier alpha value is -1.29. The molecule has 5 heteroatoms. The van der Waals surface area contributed by atoms with Crippen LogP contribution in [0.2, 0.25) is 0 Å². The first-order valence-electron chi connectivity index (χ1n) is 7.29. The van der Waals surface area contributed by atoms with E-state index in [-0.39, 0.29) is 24.2 Å². The third-order valence-electron chi connectivity index (χ3n) is 4.16. The van der Waals surface area contributed by atoms with Gasteiger partial charge in [0, 0.05) is 24.6 Å². The fourth-order valence-corrected chi connectivity index (χ4v) is 2.90. The molecule has 0 aliphatic heterocycles. The molecule has 0 spiro atoms. The first-order chi connectivity index (χ1) is 9.34. The van der Waals surface area contributed by atoms with Crippen LogP contribution in [0.15, 0.2) is 24.2 Å². The van der Waals surface area contributed by atoms with Crippen LogP contribution in [0.25, 0.3) is 0 Å². The number of hydrogen-bond acceptors (Lipinski definition) is 2. The number of allylic oxidation sites excluding steroid dienone is 1. The minimum Gasteiger partial charge on any atom is -0.356 e. The average molecular weight is 296 g/mol. The Labute approximate surface area is 125 Å². The largest absolute Gasteiger partial charge is 0.356 e. The predicted octanol–water partition coefficient (Wildman–Crippen LogP) is 2.94. The molecule has 1 heterocycles. The molecule has 110 valence electrons. The predicted molar refractivity (Wildman–Crippen MR) is 80.9 cm³/mol. The van der Waals surface area contributed by atoms with Gasteiger partial charge in [0.15, 0.2) is 0 Å². The maximum absolute atomic E-state index is 12.0. The van der Waals surface area contributed by atoms with Gasteiger partial charge < -0.3 is 10.3 Å². The van der Waals surface area contributed by atoms with Crippen LogP contribution in [0.1, 0.15) is 50.1 Å². The summed E-state index contributed by atoms with van der Waals surface area (Å²) in [7, 11) is 0. The lowest BCUT2D eigenvalue weighted by molar-refractivity contribution is -0.122. The van der Waals surface area contributed by atoms with Crippen LogP contribution in [0.4, 0.5) is 0 Å². The van der Waals surface area contributed by atoms with E-state index in [4.69, 9.17) is 0 Å². The van der Waals surface area contributed by atoms with Crippen molar-refractivity contribution in [2.75, 3.05) is 6.54 Å². The molecule has 20 heavy (non-hydrogen) atoms. The molecule has 0 bridgehead atoms. The summed E-state index contributed by atoms with van der Waals surface area (Å²) in [5, 5.41) is 3.07. The van der Waals surface area contributed by atoms with E-state index >= 15 is 0 Å². The lowest BCUT2D eigenvalue weighted by Crippen LogP contribution is -2.26. The quantitative estimate of drug-likeness (QED) is 0.821. The van der Waals surface area contributed by atoms with Crippen LogP contribution in [0.5, 0.6) is 0 Å². The molecule has 1 aromatic rings. The Bertz CT molecular complexity index is 469. The van der Waals surface area contributed by atoms with Crippen LogP contribution in [-0.2, 0) is 4.79 Å². The summed E-state index contributed by atoms with van der Waals surface area (Å²) < 4.78 is 0. The van der Waals surface area contributed by atoms with Gasteiger partial charge in [-0.3, -0.25) is 4.79 Å². The van der Waals surface area contributed by atoms with E-state index in [1.807, 2.05) is 6.20 Å². The maximum Gasteiger partial charge on any atom is 0.223 e. The molecule has 4 nitrogen and oxygen atoms in total. The zero-order valence-electron chi connectivity index (χ0n) is 11.6. The van der Waals surface area contributed by atoms with E-state index < -0.39 is 0 Å². The first-order valence-corrected chi connectivity index (χ1v) is 7.29. The standard InChI is InChI=1S/C15H21N3O.ClH/c19-15(13-8-12(13)14-9-16-10-18-14)17-7-6-11-4-2-1-3-5-11;/h4,9-10,12-13H,1-3,5-8H2,(H,16,18)(H,17,19);1H/t12-,13-;/m0./s1. The van der Waals surface area contributed by atoms with Crippen LogP contribution in [-0.4, -0.2) is 22.4 Å². The molecule has 2 atom stereocenters. The second-order valence-electron chi connectivity index (χ2n) is 5.59. The van der Waals surface area contributed by atoms with Crippen molar-refractivity contribution in [2.45, 2.75) is 44.4 Å². The Kier molecular flexibility index (Phi) is 5.24. The van der Waals surface area contributed by atoms with Crippen LogP contribution in [0.3, 0.4) is 0 Å². The van der Waals surface area contributed by atoms with Crippen molar-refractivity contribution >= 4 is 18.3 Å². The van der Waals surface area contributed by atoms with Gasteiger partial charge in [-0.1, -0.05) is 11.6 Å². The van der Waals surface area contributed by atoms with E-state index in [1.165, 1.54) is 31.3 Å². The minimum absolute atomic E-state index is 0. The molecule has 0 saturated heterocycles. The average Bonchev–Trinajstić information content (AvgIpc) is 3.06. The third kappa shape index (κ3) is 3.63. The zero-order valence-corrected chi connectivity index (χ0v) is 12.4. The van der Waals surface area contributed by atoms with E-state index in [2.05, 4.69) is 21.4 Å². The number of rotatable bonds is 5. The second-order valence-corrected chi connectivity index (χ2v) is 5.59. The van der Waals surface area contributed by atoms with Crippen molar-refractivity contribution in [2.24, 2.45) is 5.92 Å². The molecular formula is C15H22ClN3O. The summed E-state index contributed by atoms with van der Waals surface area (Å²) in [6.07, 6.45) is 12.9. The molecule has 0 unspecified atom stereocenters. The maximum atomic E-state index is 12.0. The van der Waals surface area contributed by atoms with Crippen molar-refractivity contribution in [3.63, 3.8) is 0 Å². The summed E-state index contributed by atoms with van der Waals surface area (Å²) in [4.78, 5) is 19.2. The van der Waals surface area contributed by atoms with Crippen molar-refractivity contribution in [3.05, 3.63) is 29.9 Å². The summed E-state index contributed by atoms with van der Waals surface area (Å²) in [5.41, 5.74) is 2.54. The Morgan fingerprint density at radius 1 is 1.45 bits per heavy atom. The van der Waals surface area contributed by atoms with Crippen molar-refractivity contribution in [1.82, 2.24) is 15.3 Å². The highest BCUT2D eigenvalue weighted by molar-refractivity contribution is 5.85. The molecule has 1 fully saturated rings. The number of halogens is 1. The molecule has 0 aromatic carbocycles. The fourth-order valence-electron chi connectivity index (χ4n) is 2.90. The Morgan fingerprint density at radius 2 is 2.35 bits per heavy atom. The van der Waals surface area contributed by atoms with Gasteiger partial charge in [0.25, 0.3) is 0 Å². The van der Waals surface area contributed by atoms with Crippen molar-refractivity contribution < 1.29 is 4.79 Å². The number of carbonyl (C=O) groups is 1. The number of aromatic amines is 1. The fraction of sp³-hybridized carbons (Fsp3) is 0.600. The summed E-state index contributed by atoms with van der Waals surface area (Å²) in [5.74, 6) is 0.674. The number of carbonyl (C=O) groups excluding carboxylic acids is 1. The highest BCUT2D eigenvalue weighted by Crippen LogP contribution is 2.46. The topological polar surface area (TPSA) is 57.8 Å². The molecule has 2 aliphatic carbocycles. The Balaban J connectivity index is 0.00000147. The van der Waals surface area contributed by atoms with Gasteiger partial charge in [0.1, 0.15) is 0 Å². The molecule has 2 N–H and O–H groups in total. The number of hydrogen-bond donors (Lipinski definition) is 2. The Morgan fingerprint density at radius 3 is 3.05 bits per heavy atom. The molecule has 1 saturated carbocycles. The van der Waals surface area contributed by atoms with E-state index in [9.17, 15) is 4.79 Å². The van der Waals surface area contributed by atoms with E-state index in [0.29, 0.717) is 5.92 Å². The molecular weight excluding hydrogens is 274 g/mol. The number of amides is 1. The van der Waals surface area contributed by atoms with E-state index in [0.717, 1.165) is 25.1 Å². The van der Waals surface area contributed by atoms with Crippen LogP contribution >= 0.6 is 12.4 Å². The lowest BCUT2D eigenvalue weighted by atomic mass is 9.97. The SMILES string of the molecule is Cl.O=C(NCCC1=CCCCC1)[C@H]1C[C@@H]1c1c[nH]cn1. The summed E-state index contributed by atoms with van der Waals surface area (Å²) in [6.45, 7) is 0.786. The highest BCUT2D eigenvalue weighted by atomic mass is 35.5. The molecule has 2 aliphatic rings. The van der Waals surface area contributed by atoms with Crippen molar-refractivity contribution in [3.8, 4) is 0 Å². The molecule has 1 aromatic heterocycles. The monoisotopic (exact) mass is 295 g/mol. The smallest absolute Gasteiger partial charge is 0.223 e. The van der Waals surface area contributed by atoms with Crippen molar-refractivity contribution in [1.29, 1.82) is 0 Å². The second kappa shape index (κ2) is 6.93. The molecule has 3 rings (SSSR count). The van der Waals surface area contributed by atoms with Gasteiger partial charge in [-0.2, -0.15) is 0 Å². The van der Waals surface area contributed by atoms with Gasteiger partial charge in [-0.25, -0.2) is 4.98 Å². The summed E-state index contributed by atoms with van der Waals surface area (Å²) >= 11 is 0. The number of nitrogens with one attached hydrogen (secondary N) is 2. The number of H-pyrrole nitrogens is 1. The third-order valence-corrected chi connectivity index (χ3v) is 4.16. The van der Waals surface area contributed by atoms with Crippen LogP contribution < -0.4 is 5.32 Å². The lowest BCUT2D eigenvalue weighted by Gasteiger charge is -2.12. The highest BCUT2D eigenvalue weighted by Gasteiger charge is 2.44. The van der Waals surface area contributed by atoms with Gasteiger partial charge in [0.05, 0.1) is 12.0 Å². The van der Waals surface area contributed by atoms with E-state index in [1.54, 1.807) is 6.33 Å². The number of nitrogens with zero attached hydrogens (tertiary/aromatic N) is 1. The van der Waals surface area contributed by atoms with Crippen LogP contribution in [0, 0.1) is 5.92 Å².